The van der Waals surface area contributed by atoms with Crippen molar-refractivity contribution in [1.82, 2.24) is 4.90 Å². The fourth-order valence-corrected chi connectivity index (χ4v) is 3.57. The zero-order chi connectivity index (χ0) is 17.9. The monoisotopic (exact) mass is 348 g/mol. The molecular weight excluding hydrogens is 324 g/mol. The summed E-state index contributed by atoms with van der Waals surface area (Å²) in [6.07, 6.45) is 3.59. The Morgan fingerprint density at radius 2 is 1.38 bits per heavy atom. The van der Waals surface area contributed by atoms with Crippen molar-refractivity contribution < 1.29 is 9.59 Å². The third kappa shape index (κ3) is 3.79. The predicted octanol–water partition coefficient (Wildman–Crippen LogP) is 3.94. The number of carbonyl (C=O) groups excluding carboxylic acids is 2. The molecule has 0 spiro atoms. The van der Waals surface area contributed by atoms with Crippen molar-refractivity contribution in [3.05, 3.63) is 54.6 Å². The van der Waals surface area contributed by atoms with Gasteiger partial charge in [0.2, 0.25) is 11.8 Å². The molecule has 1 saturated carbocycles. The predicted molar refractivity (Wildman–Crippen MR) is 103 cm³/mol. The van der Waals surface area contributed by atoms with Crippen LogP contribution >= 0.6 is 0 Å². The van der Waals surface area contributed by atoms with Gasteiger partial charge in [-0.3, -0.25) is 9.59 Å². The minimum atomic E-state index is -0.00736. The Morgan fingerprint density at radius 1 is 0.769 bits per heavy atom. The second-order valence-corrected chi connectivity index (χ2v) is 7.31. The summed E-state index contributed by atoms with van der Waals surface area (Å²) in [6, 6.07) is 18.1. The number of hydrogen-bond acceptors (Lipinski definition) is 2. The Bertz CT molecular complexity index is 774. The molecule has 1 aliphatic carbocycles. The molecule has 2 aromatic carbocycles. The van der Waals surface area contributed by atoms with E-state index in [1.54, 1.807) is 0 Å². The van der Waals surface area contributed by atoms with Crippen LogP contribution in [-0.2, 0) is 9.59 Å². The molecule has 4 rings (SSSR count). The highest BCUT2D eigenvalue weighted by Crippen LogP contribution is 2.32. The Balaban J connectivity index is 1.31. The van der Waals surface area contributed by atoms with E-state index in [1.807, 2.05) is 47.4 Å². The van der Waals surface area contributed by atoms with Gasteiger partial charge in [-0.1, -0.05) is 42.5 Å². The van der Waals surface area contributed by atoms with E-state index < -0.39 is 0 Å². The van der Waals surface area contributed by atoms with E-state index in [2.05, 4.69) is 17.4 Å². The summed E-state index contributed by atoms with van der Waals surface area (Å²) < 4.78 is 0. The summed E-state index contributed by atoms with van der Waals surface area (Å²) in [5.74, 6) is 0.617. The van der Waals surface area contributed by atoms with E-state index >= 15 is 0 Å². The van der Waals surface area contributed by atoms with Gasteiger partial charge in [-0.05, 0) is 48.9 Å². The van der Waals surface area contributed by atoms with E-state index in [9.17, 15) is 9.59 Å². The molecule has 4 nitrogen and oxygen atoms in total. The van der Waals surface area contributed by atoms with Crippen molar-refractivity contribution in [3.8, 4) is 11.1 Å². The van der Waals surface area contributed by atoms with Gasteiger partial charge in [-0.2, -0.15) is 0 Å². The molecule has 1 saturated heterocycles. The molecule has 0 bridgehead atoms. The standard InChI is InChI=1S/C22H24N2O2/c25-21(18-12-14-24(15-13-18)22(26)19-6-7-19)23-20-10-8-17(9-11-20)16-4-2-1-3-5-16/h1-5,8-11,18-19H,6-7,12-15H2,(H,23,25). The lowest BCUT2D eigenvalue weighted by Crippen LogP contribution is -2.42. The average Bonchev–Trinajstić information content (AvgIpc) is 3.54. The maximum atomic E-state index is 12.5. The topological polar surface area (TPSA) is 49.4 Å². The molecule has 0 unspecified atom stereocenters. The molecule has 1 N–H and O–H groups in total. The van der Waals surface area contributed by atoms with Crippen LogP contribution in [0.2, 0.25) is 0 Å². The molecule has 4 heteroatoms. The van der Waals surface area contributed by atoms with Gasteiger partial charge in [0.05, 0.1) is 0 Å². The molecule has 26 heavy (non-hydrogen) atoms. The fraction of sp³-hybridized carbons (Fsp3) is 0.364. The van der Waals surface area contributed by atoms with Crippen molar-refractivity contribution in [3.63, 3.8) is 0 Å². The highest BCUT2D eigenvalue weighted by atomic mass is 16.2. The highest BCUT2D eigenvalue weighted by Gasteiger charge is 2.35. The molecule has 2 aliphatic rings. The van der Waals surface area contributed by atoms with E-state index in [4.69, 9.17) is 0 Å². The Morgan fingerprint density at radius 3 is 2.00 bits per heavy atom. The van der Waals surface area contributed by atoms with Crippen LogP contribution in [0.4, 0.5) is 5.69 Å². The second-order valence-electron chi connectivity index (χ2n) is 7.31. The van der Waals surface area contributed by atoms with E-state index in [0.717, 1.165) is 42.5 Å². The number of nitrogens with one attached hydrogen (secondary N) is 1. The number of hydrogen-bond donors (Lipinski definition) is 1. The maximum Gasteiger partial charge on any atom is 0.227 e. The Kier molecular flexibility index (Phi) is 4.74. The molecule has 0 atom stereocenters. The van der Waals surface area contributed by atoms with Crippen LogP contribution in [0, 0.1) is 11.8 Å². The molecule has 1 aliphatic heterocycles. The van der Waals surface area contributed by atoms with Gasteiger partial charge in [-0.25, -0.2) is 0 Å². The summed E-state index contributed by atoms with van der Waals surface area (Å²) in [6.45, 7) is 1.42. The smallest absolute Gasteiger partial charge is 0.227 e. The lowest BCUT2D eigenvalue weighted by atomic mass is 9.95. The molecular formula is C22H24N2O2. The van der Waals surface area contributed by atoms with Crippen LogP contribution in [-0.4, -0.2) is 29.8 Å². The summed E-state index contributed by atoms with van der Waals surface area (Å²) in [5, 5.41) is 3.03. The number of likely N-dealkylation sites (tertiary alicyclic amines) is 1. The molecule has 2 fully saturated rings. The number of anilines is 1. The summed E-state index contributed by atoms with van der Waals surface area (Å²) in [7, 11) is 0. The SMILES string of the molecule is O=C(Nc1ccc(-c2ccccc2)cc1)C1CCN(C(=O)C2CC2)CC1. The Hall–Kier alpha value is -2.62. The van der Waals surface area contributed by atoms with Gasteiger partial charge >= 0.3 is 0 Å². The number of carbonyl (C=O) groups is 2. The molecule has 2 amide bonds. The number of piperidine rings is 1. The third-order valence-electron chi connectivity index (χ3n) is 5.36. The van der Waals surface area contributed by atoms with E-state index in [-0.39, 0.29) is 17.7 Å². The van der Waals surface area contributed by atoms with Crippen LogP contribution in [0.1, 0.15) is 25.7 Å². The van der Waals surface area contributed by atoms with Crippen molar-refractivity contribution in [2.75, 3.05) is 18.4 Å². The first-order valence-corrected chi connectivity index (χ1v) is 9.46. The number of benzene rings is 2. The summed E-state index contributed by atoms with van der Waals surface area (Å²) in [4.78, 5) is 26.6. The average molecular weight is 348 g/mol. The van der Waals surface area contributed by atoms with E-state index in [1.165, 1.54) is 0 Å². The molecule has 2 aromatic rings. The first-order chi connectivity index (χ1) is 12.7. The number of amides is 2. The zero-order valence-electron chi connectivity index (χ0n) is 14.9. The largest absolute Gasteiger partial charge is 0.342 e. The summed E-state index contributed by atoms with van der Waals surface area (Å²) >= 11 is 0. The maximum absolute atomic E-state index is 12.5. The minimum absolute atomic E-state index is 0.00736. The van der Waals surface area contributed by atoms with Gasteiger partial charge in [-0.15, -0.1) is 0 Å². The van der Waals surface area contributed by atoms with Crippen LogP contribution < -0.4 is 5.32 Å². The van der Waals surface area contributed by atoms with Crippen molar-refractivity contribution in [2.45, 2.75) is 25.7 Å². The normalized spacial score (nSPS) is 17.8. The van der Waals surface area contributed by atoms with Crippen molar-refractivity contribution in [2.24, 2.45) is 11.8 Å². The second kappa shape index (κ2) is 7.32. The third-order valence-corrected chi connectivity index (χ3v) is 5.36. The number of rotatable bonds is 4. The zero-order valence-corrected chi connectivity index (χ0v) is 14.9. The highest BCUT2D eigenvalue weighted by molar-refractivity contribution is 5.93. The van der Waals surface area contributed by atoms with Gasteiger partial charge in [0, 0.05) is 30.6 Å². The van der Waals surface area contributed by atoms with Crippen LogP contribution in [0.5, 0.6) is 0 Å². The first-order valence-electron chi connectivity index (χ1n) is 9.46. The first kappa shape index (κ1) is 16.8. The minimum Gasteiger partial charge on any atom is -0.342 e. The van der Waals surface area contributed by atoms with Gasteiger partial charge in [0.25, 0.3) is 0 Å². The molecule has 0 radical (unpaired) electrons. The lowest BCUT2D eigenvalue weighted by Gasteiger charge is -2.31. The van der Waals surface area contributed by atoms with Crippen LogP contribution in [0.3, 0.4) is 0 Å². The quantitative estimate of drug-likeness (QED) is 0.910. The molecule has 134 valence electrons. The summed E-state index contributed by atoms with van der Waals surface area (Å²) in [5.41, 5.74) is 3.12. The van der Waals surface area contributed by atoms with Crippen LogP contribution in [0.15, 0.2) is 54.6 Å². The van der Waals surface area contributed by atoms with Gasteiger partial charge in [0.1, 0.15) is 0 Å². The fourth-order valence-electron chi connectivity index (χ4n) is 3.57. The molecule has 0 aromatic heterocycles. The van der Waals surface area contributed by atoms with E-state index in [0.29, 0.717) is 19.0 Å². The lowest BCUT2D eigenvalue weighted by molar-refractivity contribution is -0.135. The van der Waals surface area contributed by atoms with Crippen LogP contribution in [0.25, 0.3) is 11.1 Å². The molecule has 1 heterocycles. The van der Waals surface area contributed by atoms with Gasteiger partial charge in [0.15, 0.2) is 0 Å². The van der Waals surface area contributed by atoms with Crippen molar-refractivity contribution in [1.29, 1.82) is 0 Å². The number of nitrogens with zero attached hydrogens (tertiary/aromatic N) is 1. The Labute approximate surface area is 154 Å². The van der Waals surface area contributed by atoms with Crippen molar-refractivity contribution >= 4 is 17.5 Å². The van der Waals surface area contributed by atoms with Gasteiger partial charge < -0.3 is 10.2 Å².